The Balaban J connectivity index is 1.06. The molecule has 1 atom stereocenters. The van der Waals surface area contributed by atoms with Crippen LogP contribution >= 0.6 is 0 Å². The van der Waals surface area contributed by atoms with Crippen LogP contribution in [0.1, 0.15) is 29.4 Å². The highest BCUT2D eigenvalue weighted by atomic mass is 19.4. The highest BCUT2D eigenvalue weighted by molar-refractivity contribution is 5.50. The second-order valence-electron chi connectivity index (χ2n) is 10.5. The predicted molar refractivity (Wildman–Crippen MR) is 155 cm³/mol. The zero-order chi connectivity index (χ0) is 30.8. The fourth-order valence-electron chi connectivity index (χ4n) is 5.11. The minimum atomic E-state index is -4.88. The first-order chi connectivity index (χ1) is 21.2. The molecule has 1 unspecified atom stereocenters. The normalized spacial score (nSPS) is 14.1. The summed E-state index contributed by atoms with van der Waals surface area (Å²) in [4.78, 5) is 19.7. The number of nitrogens with one attached hydrogen (secondary N) is 1. The lowest BCUT2D eigenvalue weighted by atomic mass is 10.2. The summed E-state index contributed by atoms with van der Waals surface area (Å²) in [6.45, 7) is 3.85. The molecule has 4 aromatic heterocycles. The van der Waals surface area contributed by atoms with Crippen LogP contribution in [0.3, 0.4) is 0 Å². The van der Waals surface area contributed by atoms with Gasteiger partial charge in [-0.1, -0.05) is 12.1 Å². The number of halogens is 3. The Labute approximate surface area is 249 Å². The summed E-state index contributed by atoms with van der Waals surface area (Å²) < 4.78 is 57.3. The van der Waals surface area contributed by atoms with E-state index in [9.17, 15) is 18.0 Å². The van der Waals surface area contributed by atoms with Crippen LogP contribution in [0.2, 0.25) is 0 Å². The Hall–Kier alpha value is -4.92. The molecule has 1 N–H and O–H groups in total. The quantitative estimate of drug-likeness (QED) is 0.254. The number of fused-ring (bicyclic) bond motifs is 2. The molecule has 15 heteroatoms. The van der Waals surface area contributed by atoms with E-state index in [0.29, 0.717) is 30.1 Å². The average molecular weight is 610 g/mol. The minimum absolute atomic E-state index is 0.0792. The van der Waals surface area contributed by atoms with E-state index in [1.165, 1.54) is 7.11 Å². The second-order valence-corrected chi connectivity index (χ2v) is 10.5. The molecule has 0 saturated heterocycles. The molecule has 0 bridgehead atoms. The lowest BCUT2D eigenvalue weighted by molar-refractivity contribution is -0.138. The van der Waals surface area contributed by atoms with E-state index in [0.717, 1.165) is 34.6 Å². The van der Waals surface area contributed by atoms with Crippen LogP contribution in [-0.4, -0.2) is 60.5 Å². The van der Waals surface area contributed by atoms with E-state index < -0.39 is 29.0 Å². The zero-order valence-corrected chi connectivity index (χ0v) is 24.0. The molecule has 0 saturated carbocycles. The van der Waals surface area contributed by atoms with Crippen LogP contribution in [0, 0.1) is 0 Å². The van der Waals surface area contributed by atoms with Gasteiger partial charge in [0.15, 0.2) is 5.65 Å². The van der Waals surface area contributed by atoms with Gasteiger partial charge in [-0.3, -0.25) is 9.48 Å². The minimum Gasteiger partial charge on any atom is -0.497 e. The highest BCUT2D eigenvalue weighted by Crippen LogP contribution is 2.32. The maximum absolute atomic E-state index is 14.0. The highest BCUT2D eigenvalue weighted by Gasteiger charge is 2.38. The van der Waals surface area contributed by atoms with E-state index in [-0.39, 0.29) is 19.8 Å². The first-order valence-corrected chi connectivity index (χ1v) is 13.9. The predicted octanol–water partition coefficient (Wildman–Crippen LogP) is 3.60. The molecule has 0 spiro atoms. The molecule has 44 heavy (non-hydrogen) atoms. The van der Waals surface area contributed by atoms with E-state index in [4.69, 9.17) is 9.47 Å². The third-order valence-corrected chi connectivity index (χ3v) is 7.25. The van der Waals surface area contributed by atoms with Crippen molar-refractivity contribution in [1.82, 2.24) is 34.2 Å². The lowest BCUT2D eigenvalue weighted by Gasteiger charge is -2.28. The number of ether oxygens (including phenoxy) is 2. The van der Waals surface area contributed by atoms with Gasteiger partial charge in [-0.15, -0.1) is 0 Å². The summed E-state index contributed by atoms with van der Waals surface area (Å²) in [5.41, 5.74) is 0.165. The number of benzene rings is 1. The Morgan fingerprint density at radius 3 is 2.68 bits per heavy atom. The Bertz CT molecular complexity index is 1810. The van der Waals surface area contributed by atoms with Crippen molar-refractivity contribution in [2.24, 2.45) is 0 Å². The molecule has 1 aliphatic heterocycles. The van der Waals surface area contributed by atoms with Gasteiger partial charge >= 0.3 is 6.18 Å². The van der Waals surface area contributed by atoms with Gasteiger partial charge in [0.25, 0.3) is 5.56 Å². The number of alkyl halides is 3. The summed E-state index contributed by atoms with van der Waals surface area (Å²) in [5.74, 6) is 1.45. The van der Waals surface area contributed by atoms with Crippen molar-refractivity contribution in [3.8, 4) is 5.75 Å². The van der Waals surface area contributed by atoms with Crippen molar-refractivity contribution in [1.29, 1.82) is 0 Å². The third kappa shape index (κ3) is 6.22. The molecule has 6 rings (SSSR count). The summed E-state index contributed by atoms with van der Waals surface area (Å²) in [7, 11) is 1.51. The smallest absolute Gasteiger partial charge is 0.423 e. The number of hydrogen-bond donors (Lipinski definition) is 1. The topological polar surface area (TPSA) is 117 Å². The molecular formula is C29H30F3N9O3. The van der Waals surface area contributed by atoms with Crippen molar-refractivity contribution >= 4 is 17.2 Å². The van der Waals surface area contributed by atoms with Gasteiger partial charge in [-0.05, 0) is 36.8 Å². The summed E-state index contributed by atoms with van der Waals surface area (Å²) in [5, 5.41) is 15.5. The number of methoxy groups -OCH3 is 1. The van der Waals surface area contributed by atoms with Crippen LogP contribution in [0.15, 0.2) is 65.8 Å². The molecule has 1 aromatic carbocycles. The zero-order valence-electron chi connectivity index (χ0n) is 24.0. The molecule has 1 aliphatic rings. The van der Waals surface area contributed by atoms with E-state index in [2.05, 4.69) is 30.5 Å². The van der Waals surface area contributed by atoms with Gasteiger partial charge in [0.05, 0.1) is 69.4 Å². The number of anilines is 2. The van der Waals surface area contributed by atoms with Crippen LogP contribution in [0.25, 0.3) is 5.65 Å². The first kappa shape index (κ1) is 29.2. The van der Waals surface area contributed by atoms with E-state index in [1.807, 2.05) is 29.1 Å². The largest absolute Gasteiger partial charge is 0.497 e. The monoisotopic (exact) mass is 609 g/mol. The molecule has 0 radical (unpaired) electrons. The Morgan fingerprint density at radius 2 is 1.91 bits per heavy atom. The van der Waals surface area contributed by atoms with Gasteiger partial charge < -0.3 is 19.7 Å². The van der Waals surface area contributed by atoms with Crippen LogP contribution in [-0.2, 0) is 37.2 Å². The Kier molecular flexibility index (Phi) is 7.95. The second kappa shape index (κ2) is 12.0. The number of hydrogen-bond acceptors (Lipinski definition) is 9. The standard InChI is InChI=1S/C29H30F3N9O3/c1-19(35-24-14-34-41(28(42)27(24)29(30,31)32)15-20-3-5-23(43-2)6-4-20)17-44-18-21-13-22-16-38(11-12-39(22)37-21)25-8-10-40-26(36-25)7-9-33-40/h3-10,13-14,19,35H,11-12,15-18H2,1-2H3. The maximum atomic E-state index is 14.0. The van der Waals surface area contributed by atoms with Crippen molar-refractivity contribution in [3.05, 3.63) is 93.9 Å². The van der Waals surface area contributed by atoms with Gasteiger partial charge in [0.2, 0.25) is 0 Å². The van der Waals surface area contributed by atoms with E-state index >= 15 is 0 Å². The lowest BCUT2D eigenvalue weighted by Crippen LogP contribution is -2.34. The van der Waals surface area contributed by atoms with Gasteiger partial charge in [0, 0.05) is 24.8 Å². The van der Waals surface area contributed by atoms with Crippen molar-refractivity contribution in [3.63, 3.8) is 0 Å². The Morgan fingerprint density at radius 1 is 1.09 bits per heavy atom. The van der Waals surface area contributed by atoms with Crippen LogP contribution in [0.4, 0.5) is 24.7 Å². The molecule has 12 nitrogen and oxygen atoms in total. The molecule has 5 heterocycles. The number of nitrogens with zero attached hydrogens (tertiary/aromatic N) is 8. The van der Waals surface area contributed by atoms with Crippen LogP contribution in [0.5, 0.6) is 5.75 Å². The third-order valence-electron chi connectivity index (χ3n) is 7.25. The SMILES string of the molecule is COc1ccc(Cn2ncc(NC(C)COCc3cc4n(n3)CCN(c3ccn5nccc5n3)C4)c(C(F)(F)F)c2=O)cc1. The van der Waals surface area contributed by atoms with Gasteiger partial charge in [0.1, 0.15) is 17.1 Å². The molecule has 5 aromatic rings. The number of aromatic nitrogens is 7. The maximum Gasteiger partial charge on any atom is 0.423 e. The molecule has 0 aliphatic carbocycles. The molecule has 230 valence electrons. The van der Waals surface area contributed by atoms with E-state index in [1.54, 1.807) is 41.9 Å². The van der Waals surface area contributed by atoms with Gasteiger partial charge in [-0.2, -0.15) is 28.5 Å². The average Bonchev–Trinajstić information content (AvgIpc) is 3.64. The van der Waals surface area contributed by atoms with Crippen molar-refractivity contribution in [2.75, 3.05) is 30.5 Å². The number of rotatable bonds is 10. The summed E-state index contributed by atoms with van der Waals surface area (Å²) >= 11 is 0. The summed E-state index contributed by atoms with van der Waals surface area (Å²) in [6.07, 6.45) is -0.278. The molecular weight excluding hydrogens is 579 g/mol. The van der Waals surface area contributed by atoms with Crippen molar-refractivity contribution < 1.29 is 22.6 Å². The molecule has 0 fully saturated rings. The van der Waals surface area contributed by atoms with Crippen LogP contribution < -0.4 is 20.5 Å². The van der Waals surface area contributed by atoms with Gasteiger partial charge in [-0.25, -0.2) is 14.2 Å². The first-order valence-electron chi connectivity index (χ1n) is 13.9. The molecule has 0 amide bonds. The summed E-state index contributed by atoms with van der Waals surface area (Å²) in [6, 6.07) is 11.8. The fourth-order valence-corrected chi connectivity index (χ4v) is 5.11. The van der Waals surface area contributed by atoms with Crippen molar-refractivity contribution in [2.45, 2.75) is 45.4 Å². The fraction of sp³-hybridized carbons (Fsp3) is 0.345.